The van der Waals surface area contributed by atoms with E-state index in [1.54, 1.807) is 5.48 Å². The van der Waals surface area contributed by atoms with Gasteiger partial charge in [-0.25, -0.2) is 30.4 Å². The Morgan fingerprint density at radius 2 is 1.82 bits per heavy atom. The highest BCUT2D eigenvalue weighted by Gasteiger charge is 2.23. The second-order valence-electron chi connectivity index (χ2n) is 8.91. The van der Waals surface area contributed by atoms with Gasteiger partial charge in [-0.1, -0.05) is 0 Å². The maximum Gasteiger partial charge on any atom is 0.277 e. The second-order valence-corrected chi connectivity index (χ2v) is 8.91. The number of carbonyl (C=O) groups is 1. The Hall–Kier alpha value is -4.36. The summed E-state index contributed by atoms with van der Waals surface area (Å²) in [5.41, 5.74) is 5.15. The zero-order valence-electron chi connectivity index (χ0n) is 21.5. The predicted molar refractivity (Wildman–Crippen MR) is 142 cm³/mol. The Labute approximate surface area is 219 Å². The zero-order chi connectivity index (χ0) is 26.6. The van der Waals surface area contributed by atoms with Gasteiger partial charge < -0.3 is 24.4 Å². The van der Waals surface area contributed by atoms with Crippen LogP contribution in [-0.4, -0.2) is 80.5 Å². The van der Waals surface area contributed by atoms with Gasteiger partial charge in [-0.3, -0.25) is 10.0 Å². The number of hydroxylamine groups is 1. The van der Waals surface area contributed by atoms with Crippen molar-refractivity contribution in [3.63, 3.8) is 0 Å². The molecule has 0 bridgehead atoms. The van der Waals surface area contributed by atoms with Crippen LogP contribution in [0.1, 0.15) is 23.1 Å². The molecule has 1 aromatic carbocycles. The van der Waals surface area contributed by atoms with E-state index in [0.29, 0.717) is 31.5 Å². The minimum Gasteiger partial charge on any atom is -0.385 e. The predicted octanol–water partition coefficient (Wildman–Crippen LogP) is 1.84. The molecular weight excluding hydrogens is 488 g/mol. The molecular formula is C25H30N10O3. The molecule has 1 aliphatic rings. The minimum absolute atomic E-state index is 0.156. The van der Waals surface area contributed by atoms with Gasteiger partial charge >= 0.3 is 0 Å². The molecule has 4 aromatic rings. The number of morpholine rings is 1. The van der Waals surface area contributed by atoms with Crippen LogP contribution in [0.5, 0.6) is 0 Å². The number of aryl methyl sites for hydroxylation is 1. The van der Waals surface area contributed by atoms with Gasteiger partial charge in [-0.15, -0.1) is 0 Å². The second kappa shape index (κ2) is 10.9. The molecule has 1 aliphatic heterocycles. The van der Waals surface area contributed by atoms with Gasteiger partial charge in [0, 0.05) is 57.4 Å². The molecule has 1 amide bonds. The third-order valence-corrected chi connectivity index (χ3v) is 6.35. The molecule has 4 heterocycles. The first-order chi connectivity index (χ1) is 18.5. The molecule has 198 valence electrons. The van der Waals surface area contributed by atoms with E-state index in [4.69, 9.17) is 24.9 Å². The first kappa shape index (κ1) is 25.3. The van der Waals surface area contributed by atoms with E-state index < -0.39 is 5.91 Å². The molecule has 0 saturated carbocycles. The fourth-order valence-electron chi connectivity index (χ4n) is 4.28. The standard InChI is InChI=1S/C25H30N10O3/c1-4-26-18-7-5-16(6-8-18)21-30-22-20(23(31-21)35-9-11-38-12-10-35)29-19(34(22)3)15-33(2)25-27-13-17(14-28-25)24(36)32-37/h5-8,13-14,26,37H,4,9-12,15H2,1-3H3,(H,32,36). The first-order valence-corrected chi connectivity index (χ1v) is 12.4. The summed E-state index contributed by atoms with van der Waals surface area (Å²) in [7, 11) is 3.77. The van der Waals surface area contributed by atoms with Crippen LogP contribution < -0.4 is 20.6 Å². The quantitative estimate of drug-likeness (QED) is 0.232. The van der Waals surface area contributed by atoms with Crippen molar-refractivity contribution < 1.29 is 14.7 Å². The summed E-state index contributed by atoms with van der Waals surface area (Å²) in [4.78, 5) is 38.9. The summed E-state index contributed by atoms with van der Waals surface area (Å²) in [5, 5.41) is 12.1. The molecule has 13 nitrogen and oxygen atoms in total. The van der Waals surface area contributed by atoms with Gasteiger partial charge in [0.25, 0.3) is 5.91 Å². The molecule has 5 rings (SSSR count). The number of ether oxygens (including phenoxy) is 1. The molecule has 1 saturated heterocycles. The molecule has 0 aliphatic carbocycles. The number of benzene rings is 1. The average Bonchev–Trinajstić information content (AvgIpc) is 3.27. The summed E-state index contributed by atoms with van der Waals surface area (Å²) in [5.74, 6) is 1.91. The Bertz CT molecular complexity index is 1420. The lowest BCUT2D eigenvalue weighted by molar-refractivity contribution is 0.0705. The van der Waals surface area contributed by atoms with Crippen LogP contribution in [0.2, 0.25) is 0 Å². The number of fused-ring (bicyclic) bond motifs is 1. The molecule has 0 spiro atoms. The lowest BCUT2D eigenvalue weighted by Crippen LogP contribution is -2.37. The van der Waals surface area contributed by atoms with Crippen LogP contribution in [-0.2, 0) is 18.3 Å². The molecule has 13 heteroatoms. The molecule has 3 N–H and O–H groups in total. The highest BCUT2D eigenvalue weighted by Crippen LogP contribution is 2.29. The van der Waals surface area contributed by atoms with Crippen molar-refractivity contribution in [1.82, 2.24) is 35.0 Å². The number of anilines is 3. The van der Waals surface area contributed by atoms with E-state index in [1.807, 2.05) is 47.8 Å². The van der Waals surface area contributed by atoms with Crippen LogP contribution in [0.15, 0.2) is 36.7 Å². The van der Waals surface area contributed by atoms with Crippen molar-refractivity contribution in [3.05, 3.63) is 48.0 Å². The van der Waals surface area contributed by atoms with E-state index in [9.17, 15) is 4.79 Å². The maximum atomic E-state index is 11.6. The maximum absolute atomic E-state index is 11.6. The molecule has 0 atom stereocenters. The van der Waals surface area contributed by atoms with Crippen molar-refractivity contribution in [3.8, 4) is 11.4 Å². The number of carbonyl (C=O) groups excluding carboxylic acids is 1. The van der Waals surface area contributed by atoms with Crippen molar-refractivity contribution in [2.24, 2.45) is 7.05 Å². The Morgan fingerprint density at radius 3 is 2.47 bits per heavy atom. The third kappa shape index (κ3) is 5.06. The van der Waals surface area contributed by atoms with E-state index in [0.717, 1.165) is 53.7 Å². The highest BCUT2D eigenvalue weighted by molar-refractivity contribution is 5.92. The SMILES string of the molecule is CCNc1ccc(-c2nc(N3CCOCC3)c3nc(CN(C)c4ncc(C(=O)NO)cn4)n(C)c3n2)cc1. The fourth-order valence-corrected chi connectivity index (χ4v) is 4.28. The molecule has 38 heavy (non-hydrogen) atoms. The normalized spacial score (nSPS) is 13.5. The fraction of sp³-hybridized carbons (Fsp3) is 0.360. The smallest absolute Gasteiger partial charge is 0.277 e. The largest absolute Gasteiger partial charge is 0.385 e. The topological polar surface area (TPSA) is 146 Å². The number of nitrogens with zero attached hydrogens (tertiary/aromatic N) is 8. The number of aromatic nitrogens is 6. The number of rotatable bonds is 8. The van der Waals surface area contributed by atoms with Crippen molar-refractivity contribution in [2.45, 2.75) is 13.5 Å². The summed E-state index contributed by atoms with van der Waals surface area (Å²) in [6.45, 7) is 6.01. The van der Waals surface area contributed by atoms with Crippen LogP contribution >= 0.6 is 0 Å². The third-order valence-electron chi connectivity index (χ3n) is 6.35. The van der Waals surface area contributed by atoms with E-state index in [1.165, 1.54) is 12.4 Å². The van der Waals surface area contributed by atoms with Gasteiger partial charge in [0.15, 0.2) is 22.8 Å². The first-order valence-electron chi connectivity index (χ1n) is 12.4. The molecule has 3 aromatic heterocycles. The average molecular weight is 519 g/mol. The van der Waals surface area contributed by atoms with Gasteiger partial charge in [0.05, 0.1) is 25.3 Å². The monoisotopic (exact) mass is 518 g/mol. The number of nitrogens with one attached hydrogen (secondary N) is 2. The molecule has 0 unspecified atom stereocenters. The molecule has 0 radical (unpaired) electrons. The number of hydrogen-bond acceptors (Lipinski definition) is 11. The number of imidazole rings is 1. The zero-order valence-corrected chi connectivity index (χ0v) is 21.5. The lowest BCUT2D eigenvalue weighted by atomic mass is 10.2. The summed E-state index contributed by atoms with van der Waals surface area (Å²) < 4.78 is 7.53. The van der Waals surface area contributed by atoms with E-state index in [2.05, 4.69) is 27.1 Å². The summed E-state index contributed by atoms with van der Waals surface area (Å²) in [6, 6.07) is 8.09. The number of hydrogen-bond donors (Lipinski definition) is 3. The minimum atomic E-state index is -0.671. The van der Waals surface area contributed by atoms with Crippen LogP contribution in [0.3, 0.4) is 0 Å². The highest BCUT2D eigenvalue weighted by atomic mass is 16.5. The number of amides is 1. The summed E-state index contributed by atoms with van der Waals surface area (Å²) >= 11 is 0. The van der Waals surface area contributed by atoms with Gasteiger partial charge in [-0.2, -0.15) is 0 Å². The van der Waals surface area contributed by atoms with Crippen molar-refractivity contribution >= 4 is 34.5 Å². The van der Waals surface area contributed by atoms with Crippen molar-refractivity contribution in [2.75, 3.05) is 55.0 Å². The van der Waals surface area contributed by atoms with Gasteiger partial charge in [0.2, 0.25) is 5.95 Å². The lowest BCUT2D eigenvalue weighted by Gasteiger charge is -2.28. The summed E-state index contributed by atoms with van der Waals surface area (Å²) in [6.07, 6.45) is 2.71. The Morgan fingerprint density at radius 1 is 1.11 bits per heavy atom. The molecule has 1 fully saturated rings. The van der Waals surface area contributed by atoms with Gasteiger partial charge in [-0.05, 0) is 31.2 Å². The van der Waals surface area contributed by atoms with Crippen molar-refractivity contribution in [1.29, 1.82) is 0 Å². The van der Waals surface area contributed by atoms with Crippen LogP contribution in [0, 0.1) is 0 Å². The van der Waals surface area contributed by atoms with Gasteiger partial charge in [0.1, 0.15) is 5.82 Å². The van der Waals surface area contributed by atoms with Crippen LogP contribution in [0.25, 0.3) is 22.6 Å². The Balaban J connectivity index is 1.51. The van der Waals surface area contributed by atoms with E-state index in [-0.39, 0.29) is 5.56 Å². The van der Waals surface area contributed by atoms with Crippen LogP contribution in [0.4, 0.5) is 17.5 Å². The Kier molecular flexibility index (Phi) is 7.29. The van der Waals surface area contributed by atoms with E-state index >= 15 is 0 Å².